The van der Waals surface area contributed by atoms with Crippen LogP contribution in [0.25, 0.3) is 22.5 Å². The lowest BCUT2D eigenvalue weighted by molar-refractivity contribution is 0.0791. The quantitative estimate of drug-likeness (QED) is 0.671. The standard InChI is InChI=1S/C21H29N5O2/c1-13(2)17(22)8-9-25(5)21(27)15-11-18(19-7-6-10-28-19)24-20-16(15)12-23-26(20)14(3)4/h6-7,10-14,17H,8-9,22H2,1-5H3. The monoisotopic (exact) mass is 383 g/mol. The van der Waals surface area contributed by atoms with Gasteiger partial charge in [-0.15, -0.1) is 0 Å². The van der Waals surface area contributed by atoms with E-state index in [-0.39, 0.29) is 18.0 Å². The van der Waals surface area contributed by atoms with Gasteiger partial charge in [0.25, 0.3) is 5.91 Å². The van der Waals surface area contributed by atoms with Gasteiger partial charge in [-0.3, -0.25) is 4.79 Å². The molecule has 0 aliphatic rings. The lowest BCUT2D eigenvalue weighted by atomic mass is 10.0. The van der Waals surface area contributed by atoms with E-state index in [1.165, 1.54) is 0 Å². The number of carbonyl (C=O) groups is 1. The Hall–Kier alpha value is -2.67. The zero-order valence-electron chi connectivity index (χ0n) is 17.2. The molecule has 1 amide bonds. The van der Waals surface area contributed by atoms with E-state index in [1.807, 2.05) is 30.7 Å². The highest BCUT2D eigenvalue weighted by Crippen LogP contribution is 2.27. The van der Waals surface area contributed by atoms with E-state index in [2.05, 4.69) is 18.9 Å². The van der Waals surface area contributed by atoms with E-state index in [4.69, 9.17) is 15.1 Å². The van der Waals surface area contributed by atoms with E-state index >= 15 is 0 Å². The predicted octanol–water partition coefficient (Wildman–Crippen LogP) is 3.72. The van der Waals surface area contributed by atoms with E-state index < -0.39 is 0 Å². The summed E-state index contributed by atoms with van der Waals surface area (Å²) in [5.41, 5.74) is 8.02. The van der Waals surface area contributed by atoms with Crippen molar-refractivity contribution in [2.45, 2.75) is 46.2 Å². The Morgan fingerprint density at radius 1 is 1.32 bits per heavy atom. The Balaban J connectivity index is 2.00. The molecule has 2 N–H and O–H groups in total. The molecule has 7 heteroatoms. The number of fused-ring (bicyclic) bond motifs is 1. The van der Waals surface area contributed by atoms with Crippen LogP contribution in [0.1, 0.15) is 50.5 Å². The van der Waals surface area contributed by atoms with Gasteiger partial charge in [-0.05, 0) is 44.4 Å². The minimum atomic E-state index is -0.0699. The molecular formula is C21H29N5O2. The number of hydrogen-bond acceptors (Lipinski definition) is 5. The molecule has 0 saturated carbocycles. The minimum Gasteiger partial charge on any atom is -0.463 e. The van der Waals surface area contributed by atoms with Crippen LogP contribution < -0.4 is 5.73 Å². The lowest BCUT2D eigenvalue weighted by Gasteiger charge is -2.22. The van der Waals surface area contributed by atoms with Crippen LogP contribution in [0.5, 0.6) is 0 Å². The summed E-state index contributed by atoms with van der Waals surface area (Å²) in [6, 6.07) is 5.62. The van der Waals surface area contributed by atoms with Crippen LogP contribution in [0.3, 0.4) is 0 Å². The van der Waals surface area contributed by atoms with Gasteiger partial charge in [0.1, 0.15) is 5.69 Å². The molecule has 0 spiro atoms. The summed E-state index contributed by atoms with van der Waals surface area (Å²) in [5, 5.41) is 5.19. The van der Waals surface area contributed by atoms with Crippen LogP contribution in [0.15, 0.2) is 35.1 Å². The Morgan fingerprint density at radius 3 is 2.68 bits per heavy atom. The SMILES string of the molecule is CC(C)C(N)CCN(C)C(=O)c1cc(-c2ccco2)nc2c1cnn2C(C)C. The normalized spacial score (nSPS) is 12.9. The third-order valence-corrected chi connectivity index (χ3v) is 5.06. The number of hydrogen-bond donors (Lipinski definition) is 1. The zero-order chi connectivity index (χ0) is 20.4. The largest absolute Gasteiger partial charge is 0.463 e. The Kier molecular flexibility index (Phi) is 5.84. The second kappa shape index (κ2) is 8.14. The number of pyridine rings is 1. The molecule has 3 aromatic rings. The number of nitrogens with zero attached hydrogens (tertiary/aromatic N) is 4. The highest BCUT2D eigenvalue weighted by Gasteiger charge is 2.22. The highest BCUT2D eigenvalue weighted by molar-refractivity contribution is 6.06. The molecule has 3 aromatic heterocycles. The van der Waals surface area contributed by atoms with Crippen molar-refractivity contribution in [3.8, 4) is 11.5 Å². The summed E-state index contributed by atoms with van der Waals surface area (Å²) in [6.07, 6.45) is 4.07. The Labute approximate surface area is 165 Å². The maximum atomic E-state index is 13.2. The summed E-state index contributed by atoms with van der Waals surface area (Å²) in [5.74, 6) is 0.933. The average Bonchev–Trinajstić information content (AvgIpc) is 3.33. The second-order valence-electron chi connectivity index (χ2n) is 7.88. The third-order valence-electron chi connectivity index (χ3n) is 5.06. The summed E-state index contributed by atoms with van der Waals surface area (Å²) < 4.78 is 7.34. The summed E-state index contributed by atoms with van der Waals surface area (Å²) in [7, 11) is 1.81. The van der Waals surface area contributed by atoms with Crippen molar-refractivity contribution in [3.63, 3.8) is 0 Å². The molecule has 7 nitrogen and oxygen atoms in total. The number of nitrogens with two attached hydrogens (primary N) is 1. The van der Waals surface area contributed by atoms with Crippen LogP contribution in [0.2, 0.25) is 0 Å². The minimum absolute atomic E-state index is 0.0649. The third kappa shape index (κ3) is 3.94. The van der Waals surface area contributed by atoms with Crippen molar-refractivity contribution in [3.05, 3.63) is 36.2 Å². The van der Waals surface area contributed by atoms with Gasteiger partial charge in [0.15, 0.2) is 11.4 Å². The molecule has 3 heterocycles. The van der Waals surface area contributed by atoms with E-state index in [9.17, 15) is 4.79 Å². The first-order chi connectivity index (χ1) is 13.3. The molecule has 0 aliphatic carbocycles. The first kappa shape index (κ1) is 20.1. The van der Waals surface area contributed by atoms with Gasteiger partial charge in [-0.2, -0.15) is 5.10 Å². The molecule has 0 bridgehead atoms. The molecule has 1 atom stereocenters. The van der Waals surface area contributed by atoms with E-state index in [0.717, 1.165) is 11.8 Å². The number of rotatable bonds is 7. The molecule has 0 aliphatic heterocycles. The van der Waals surface area contributed by atoms with Crippen LogP contribution >= 0.6 is 0 Å². The average molecular weight is 383 g/mol. The van der Waals surface area contributed by atoms with Crippen LogP contribution in [-0.4, -0.2) is 45.2 Å². The van der Waals surface area contributed by atoms with Gasteiger partial charge in [0, 0.05) is 25.7 Å². The molecule has 0 saturated heterocycles. The fraction of sp³-hybridized carbons (Fsp3) is 0.476. The number of aromatic nitrogens is 3. The molecule has 0 fully saturated rings. The molecular weight excluding hydrogens is 354 g/mol. The fourth-order valence-electron chi connectivity index (χ4n) is 3.11. The predicted molar refractivity (Wildman–Crippen MR) is 110 cm³/mol. The smallest absolute Gasteiger partial charge is 0.254 e. The Morgan fingerprint density at radius 2 is 2.07 bits per heavy atom. The van der Waals surface area contributed by atoms with Crippen molar-refractivity contribution in [2.24, 2.45) is 11.7 Å². The van der Waals surface area contributed by atoms with Gasteiger partial charge < -0.3 is 15.1 Å². The zero-order valence-corrected chi connectivity index (χ0v) is 17.2. The van der Waals surface area contributed by atoms with Gasteiger partial charge in [0.2, 0.25) is 0 Å². The van der Waals surface area contributed by atoms with E-state index in [1.54, 1.807) is 30.5 Å². The maximum absolute atomic E-state index is 13.2. The Bertz CT molecular complexity index is 943. The maximum Gasteiger partial charge on any atom is 0.254 e. The molecule has 150 valence electrons. The topological polar surface area (TPSA) is 90.2 Å². The van der Waals surface area contributed by atoms with Gasteiger partial charge in [0.05, 0.1) is 23.4 Å². The van der Waals surface area contributed by atoms with Gasteiger partial charge >= 0.3 is 0 Å². The summed E-state index contributed by atoms with van der Waals surface area (Å²) in [6.45, 7) is 8.85. The van der Waals surface area contributed by atoms with Crippen molar-refractivity contribution < 1.29 is 9.21 Å². The first-order valence-electron chi connectivity index (χ1n) is 9.72. The number of amides is 1. The molecule has 0 radical (unpaired) electrons. The van der Waals surface area contributed by atoms with Crippen molar-refractivity contribution in [1.29, 1.82) is 0 Å². The number of carbonyl (C=O) groups excluding carboxylic acids is 1. The van der Waals surface area contributed by atoms with Crippen molar-refractivity contribution in [2.75, 3.05) is 13.6 Å². The molecule has 1 unspecified atom stereocenters. The van der Waals surface area contributed by atoms with Gasteiger partial charge in [-0.25, -0.2) is 9.67 Å². The first-order valence-corrected chi connectivity index (χ1v) is 9.72. The van der Waals surface area contributed by atoms with Crippen LogP contribution in [-0.2, 0) is 0 Å². The fourth-order valence-corrected chi connectivity index (χ4v) is 3.11. The summed E-state index contributed by atoms with van der Waals surface area (Å²) in [4.78, 5) is 19.7. The lowest BCUT2D eigenvalue weighted by Crippen LogP contribution is -2.34. The molecule has 0 aromatic carbocycles. The van der Waals surface area contributed by atoms with Crippen LogP contribution in [0.4, 0.5) is 0 Å². The number of furan rings is 1. The van der Waals surface area contributed by atoms with Gasteiger partial charge in [-0.1, -0.05) is 13.8 Å². The van der Waals surface area contributed by atoms with Crippen LogP contribution in [0, 0.1) is 5.92 Å². The highest BCUT2D eigenvalue weighted by atomic mass is 16.3. The van der Waals surface area contributed by atoms with E-state index in [0.29, 0.717) is 35.1 Å². The summed E-state index contributed by atoms with van der Waals surface area (Å²) >= 11 is 0. The van der Waals surface area contributed by atoms with Crippen molar-refractivity contribution >= 4 is 16.9 Å². The second-order valence-corrected chi connectivity index (χ2v) is 7.88. The van der Waals surface area contributed by atoms with Crippen molar-refractivity contribution in [1.82, 2.24) is 19.7 Å². The molecule has 28 heavy (non-hydrogen) atoms. The molecule has 3 rings (SSSR count).